The molecule has 1 aliphatic heterocycles. The lowest BCUT2D eigenvalue weighted by atomic mass is 10.2. The Morgan fingerprint density at radius 3 is 2.48 bits per heavy atom. The number of benzene rings is 2. The van der Waals surface area contributed by atoms with E-state index in [1.54, 1.807) is 28.8 Å². The zero-order valence-electron chi connectivity index (χ0n) is 15.0. The van der Waals surface area contributed by atoms with Gasteiger partial charge in [0.1, 0.15) is 18.8 Å². The molecular weight excluding hydrogens is 360 g/mol. The highest BCUT2D eigenvalue weighted by molar-refractivity contribution is 7.99. The number of morpholine rings is 1. The van der Waals surface area contributed by atoms with Gasteiger partial charge in [0.2, 0.25) is 0 Å². The molecule has 2 N–H and O–H groups in total. The van der Waals surface area contributed by atoms with E-state index in [-0.39, 0.29) is 5.75 Å². The number of nitrogens with one attached hydrogen (secondary N) is 1. The normalized spacial score (nSPS) is 15.1. The Morgan fingerprint density at radius 2 is 1.74 bits per heavy atom. The van der Waals surface area contributed by atoms with Crippen LogP contribution in [0.5, 0.6) is 5.75 Å². The highest BCUT2D eigenvalue weighted by Crippen LogP contribution is 2.28. The van der Waals surface area contributed by atoms with Crippen molar-refractivity contribution in [3.63, 3.8) is 0 Å². The summed E-state index contributed by atoms with van der Waals surface area (Å²) >= 11 is 1.73. The predicted octanol–water partition coefficient (Wildman–Crippen LogP) is 1.65. The van der Waals surface area contributed by atoms with Crippen molar-refractivity contribution in [3.05, 3.63) is 54.6 Å². The molecule has 0 aliphatic carbocycles. The molecule has 0 atom stereocenters. The Kier molecular flexibility index (Phi) is 5.72. The minimum absolute atomic E-state index is 0.243. The first-order valence-corrected chi connectivity index (χ1v) is 10.1. The number of aromatic nitrogens is 3. The Balaban J connectivity index is 1.58. The summed E-state index contributed by atoms with van der Waals surface area (Å²) in [6.07, 6.45) is 0. The Hall–Kier alpha value is -2.35. The number of rotatable bonds is 6. The fourth-order valence-electron chi connectivity index (χ4n) is 3.17. The van der Waals surface area contributed by atoms with Crippen LogP contribution in [-0.2, 0) is 4.74 Å². The van der Waals surface area contributed by atoms with Crippen LogP contribution in [0.3, 0.4) is 0 Å². The Morgan fingerprint density at radius 1 is 1.00 bits per heavy atom. The van der Waals surface area contributed by atoms with Crippen LogP contribution in [0.15, 0.2) is 59.8 Å². The zero-order chi connectivity index (χ0) is 18.5. The number of aromatic hydroxyl groups is 1. The molecule has 0 radical (unpaired) electrons. The number of quaternary nitrogens is 1. The van der Waals surface area contributed by atoms with Crippen LogP contribution in [0.25, 0.3) is 17.1 Å². The number of thioether (sulfide) groups is 1. The number of hydrogen-bond acceptors (Lipinski definition) is 5. The highest BCUT2D eigenvalue weighted by Gasteiger charge is 2.18. The van der Waals surface area contributed by atoms with Crippen LogP contribution in [0.2, 0.25) is 0 Å². The second-order valence-electron chi connectivity index (χ2n) is 6.48. The molecule has 7 heteroatoms. The summed E-state index contributed by atoms with van der Waals surface area (Å²) in [5.41, 5.74) is 1.96. The van der Waals surface area contributed by atoms with E-state index in [1.165, 1.54) is 0 Å². The molecule has 3 aromatic rings. The molecule has 0 unspecified atom stereocenters. The Labute approximate surface area is 162 Å². The summed E-state index contributed by atoms with van der Waals surface area (Å²) in [7, 11) is 0. The van der Waals surface area contributed by atoms with E-state index in [4.69, 9.17) is 4.74 Å². The van der Waals surface area contributed by atoms with Crippen LogP contribution >= 0.6 is 11.8 Å². The third kappa shape index (κ3) is 4.32. The quantitative estimate of drug-likeness (QED) is 0.634. The lowest BCUT2D eigenvalue weighted by Gasteiger charge is -2.23. The molecule has 0 bridgehead atoms. The van der Waals surface area contributed by atoms with Crippen molar-refractivity contribution < 1.29 is 14.7 Å². The summed E-state index contributed by atoms with van der Waals surface area (Å²) in [6.45, 7) is 4.94. The van der Waals surface area contributed by atoms with Gasteiger partial charge in [-0.25, -0.2) is 0 Å². The second kappa shape index (κ2) is 8.56. The topological polar surface area (TPSA) is 64.6 Å². The van der Waals surface area contributed by atoms with Crippen LogP contribution in [0.4, 0.5) is 0 Å². The van der Waals surface area contributed by atoms with Crippen molar-refractivity contribution >= 4 is 11.8 Å². The summed E-state index contributed by atoms with van der Waals surface area (Å²) in [4.78, 5) is 1.58. The SMILES string of the molecule is Oc1ccc(-c2nnc(SCC[NH+]3CCOCC3)n2-c2ccccc2)cc1. The van der Waals surface area contributed by atoms with E-state index in [0.717, 1.165) is 60.8 Å². The smallest absolute Gasteiger partial charge is 0.196 e. The molecule has 27 heavy (non-hydrogen) atoms. The van der Waals surface area contributed by atoms with Gasteiger partial charge in [-0.3, -0.25) is 4.57 Å². The third-order valence-electron chi connectivity index (χ3n) is 4.66. The molecule has 0 amide bonds. The number of ether oxygens (including phenoxy) is 1. The maximum Gasteiger partial charge on any atom is 0.196 e. The van der Waals surface area contributed by atoms with Gasteiger partial charge in [-0.05, 0) is 36.4 Å². The average Bonchev–Trinajstić information content (AvgIpc) is 3.14. The molecule has 140 valence electrons. The van der Waals surface area contributed by atoms with E-state index >= 15 is 0 Å². The maximum absolute atomic E-state index is 9.58. The van der Waals surface area contributed by atoms with Crippen molar-refractivity contribution in [3.8, 4) is 22.8 Å². The minimum atomic E-state index is 0.243. The molecule has 1 saturated heterocycles. The first-order valence-electron chi connectivity index (χ1n) is 9.15. The van der Waals surface area contributed by atoms with Crippen molar-refractivity contribution in [1.29, 1.82) is 0 Å². The molecule has 1 fully saturated rings. The lowest BCUT2D eigenvalue weighted by molar-refractivity contribution is -0.905. The van der Waals surface area contributed by atoms with Gasteiger partial charge >= 0.3 is 0 Å². The molecule has 1 aromatic heterocycles. The van der Waals surface area contributed by atoms with Crippen molar-refractivity contribution in [1.82, 2.24) is 14.8 Å². The molecule has 2 aromatic carbocycles. The standard InChI is InChI=1S/C20H22N4O2S/c25-18-8-6-16(7-9-18)19-21-22-20(24(19)17-4-2-1-3-5-17)27-15-12-23-10-13-26-14-11-23/h1-9,25H,10-15H2/p+1. The fourth-order valence-corrected chi connectivity index (χ4v) is 4.16. The van der Waals surface area contributed by atoms with Crippen molar-refractivity contribution in [2.75, 3.05) is 38.6 Å². The molecular formula is C20H23N4O2S+. The van der Waals surface area contributed by atoms with Crippen LogP contribution in [0, 0.1) is 0 Å². The van der Waals surface area contributed by atoms with Crippen LogP contribution < -0.4 is 4.90 Å². The van der Waals surface area contributed by atoms with E-state index in [2.05, 4.69) is 26.9 Å². The molecule has 1 aliphatic rings. The molecule has 6 nitrogen and oxygen atoms in total. The van der Waals surface area contributed by atoms with E-state index in [0.29, 0.717) is 0 Å². The third-order valence-corrected chi connectivity index (χ3v) is 5.59. The first-order chi connectivity index (χ1) is 13.3. The summed E-state index contributed by atoms with van der Waals surface area (Å²) < 4.78 is 7.52. The van der Waals surface area contributed by atoms with Crippen LogP contribution in [0.1, 0.15) is 0 Å². The monoisotopic (exact) mass is 383 g/mol. The van der Waals surface area contributed by atoms with E-state index < -0.39 is 0 Å². The summed E-state index contributed by atoms with van der Waals surface area (Å²) in [5.74, 6) is 2.01. The van der Waals surface area contributed by atoms with E-state index in [1.807, 2.05) is 30.3 Å². The molecule has 4 rings (SSSR count). The summed E-state index contributed by atoms with van der Waals surface area (Å²) in [6, 6.07) is 17.2. The Bertz CT molecular complexity index is 861. The van der Waals surface area contributed by atoms with Crippen molar-refractivity contribution in [2.24, 2.45) is 0 Å². The zero-order valence-corrected chi connectivity index (χ0v) is 15.9. The number of hydrogen-bond donors (Lipinski definition) is 2. The second-order valence-corrected chi connectivity index (χ2v) is 7.55. The van der Waals surface area contributed by atoms with Gasteiger partial charge in [-0.15, -0.1) is 10.2 Å². The molecule has 2 heterocycles. The van der Waals surface area contributed by atoms with Gasteiger partial charge in [-0.1, -0.05) is 30.0 Å². The van der Waals surface area contributed by atoms with Gasteiger partial charge < -0.3 is 14.7 Å². The number of nitrogens with zero attached hydrogens (tertiary/aromatic N) is 3. The van der Waals surface area contributed by atoms with Gasteiger partial charge in [0, 0.05) is 11.3 Å². The van der Waals surface area contributed by atoms with E-state index in [9.17, 15) is 5.11 Å². The highest BCUT2D eigenvalue weighted by atomic mass is 32.2. The number of para-hydroxylation sites is 1. The first kappa shape index (κ1) is 18.0. The van der Waals surface area contributed by atoms with Gasteiger partial charge in [0.25, 0.3) is 0 Å². The largest absolute Gasteiger partial charge is 0.508 e. The van der Waals surface area contributed by atoms with Gasteiger partial charge in [0.05, 0.1) is 25.5 Å². The molecule has 0 spiro atoms. The van der Waals surface area contributed by atoms with Crippen molar-refractivity contribution in [2.45, 2.75) is 5.16 Å². The minimum Gasteiger partial charge on any atom is -0.508 e. The predicted molar refractivity (Wildman–Crippen MR) is 106 cm³/mol. The lowest BCUT2D eigenvalue weighted by Crippen LogP contribution is -3.14. The van der Waals surface area contributed by atoms with Gasteiger partial charge in [-0.2, -0.15) is 0 Å². The fraction of sp³-hybridized carbons (Fsp3) is 0.300. The number of phenols is 1. The maximum atomic E-state index is 9.58. The van der Waals surface area contributed by atoms with Crippen LogP contribution in [-0.4, -0.2) is 58.5 Å². The molecule has 0 saturated carbocycles. The van der Waals surface area contributed by atoms with Gasteiger partial charge in [0.15, 0.2) is 11.0 Å². The summed E-state index contributed by atoms with van der Waals surface area (Å²) in [5, 5.41) is 19.4. The average molecular weight is 383 g/mol. The number of phenolic OH excluding ortho intramolecular Hbond substituents is 1.